The third kappa shape index (κ3) is 2.90. The monoisotopic (exact) mass is 285 g/mol. The van der Waals surface area contributed by atoms with Crippen molar-refractivity contribution >= 4 is 5.91 Å². The fourth-order valence-corrected chi connectivity index (χ4v) is 2.18. The number of carbonyl (C=O) groups excluding carboxylic acids is 1. The van der Waals surface area contributed by atoms with E-state index < -0.39 is 12.7 Å². The molecule has 0 bridgehead atoms. The summed E-state index contributed by atoms with van der Waals surface area (Å²) in [7, 11) is 0. The van der Waals surface area contributed by atoms with Gasteiger partial charge in [-0.05, 0) is 30.7 Å². The highest BCUT2D eigenvalue weighted by Crippen LogP contribution is 2.40. The van der Waals surface area contributed by atoms with Gasteiger partial charge in [-0.25, -0.2) is 0 Å². The Morgan fingerprint density at radius 3 is 2.45 bits per heavy atom. The van der Waals surface area contributed by atoms with Gasteiger partial charge in [-0.2, -0.15) is 8.78 Å². The lowest BCUT2D eigenvalue weighted by Gasteiger charge is -2.49. The van der Waals surface area contributed by atoms with Crippen LogP contribution in [0.1, 0.15) is 30.6 Å². The molecule has 2 atom stereocenters. The number of carbonyl (C=O) groups is 1. The molecule has 110 valence electrons. The van der Waals surface area contributed by atoms with Crippen molar-refractivity contribution in [2.75, 3.05) is 0 Å². The minimum Gasteiger partial charge on any atom is -0.435 e. The third-order valence-corrected chi connectivity index (χ3v) is 3.86. The molecule has 1 amide bonds. The molecule has 0 saturated heterocycles. The van der Waals surface area contributed by atoms with Crippen LogP contribution in [0.15, 0.2) is 24.3 Å². The van der Waals surface area contributed by atoms with Gasteiger partial charge in [0.05, 0.1) is 6.10 Å². The van der Waals surface area contributed by atoms with Crippen LogP contribution in [0.3, 0.4) is 0 Å². The number of ether oxygens (including phenoxy) is 1. The summed E-state index contributed by atoms with van der Waals surface area (Å²) in [4.78, 5) is 12.0. The average Bonchev–Trinajstić information content (AvgIpc) is 2.38. The summed E-state index contributed by atoms with van der Waals surface area (Å²) < 4.78 is 28.2. The van der Waals surface area contributed by atoms with Crippen LogP contribution in [0, 0.1) is 5.41 Å². The third-order valence-electron chi connectivity index (χ3n) is 3.86. The summed E-state index contributed by atoms with van der Waals surface area (Å²) in [6, 6.07) is 5.40. The number of alkyl halides is 2. The first-order chi connectivity index (χ1) is 9.30. The number of amides is 1. The highest BCUT2D eigenvalue weighted by molar-refractivity contribution is 5.94. The Bertz CT molecular complexity index is 488. The van der Waals surface area contributed by atoms with Gasteiger partial charge in [0, 0.05) is 17.0 Å². The fourth-order valence-electron chi connectivity index (χ4n) is 2.18. The zero-order valence-electron chi connectivity index (χ0n) is 11.3. The minimum atomic E-state index is -2.88. The average molecular weight is 285 g/mol. The summed E-state index contributed by atoms with van der Waals surface area (Å²) in [5, 5.41) is 12.4. The quantitative estimate of drug-likeness (QED) is 0.891. The van der Waals surface area contributed by atoms with E-state index in [-0.39, 0.29) is 23.1 Å². The molecule has 1 aromatic carbocycles. The van der Waals surface area contributed by atoms with Gasteiger partial charge < -0.3 is 15.2 Å². The zero-order valence-corrected chi connectivity index (χ0v) is 11.3. The maximum absolute atomic E-state index is 12.0. The van der Waals surface area contributed by atoms with Gasteiger partial charge in [0.2, 0.25) is 0 Å². The Hall–Kier alpha value is -1.69. The number of rotatable bonds is 4. The van der Waals surface area contributed by atoms with Crippen molar-refractivity contribution in [3.8, 4) is 5.75 Å². The van der Waals surface area contributed by atoms with Crippen LogP contribution < -0.4 is 10.1 Å². The molecule has 0 aliphatic heterocycles. The summed E-state index contributed by atoms with van der Waals surface area (Å²) in [5.74, 6) is -0.283. The van der Waals surface area contributed by atoms with Crippen molar-refractivity contribution in [1.82, 2.24) is 5.32 Å². The first-order valence-corrected chi connectivity index (χ1v) is 6.34. The summed E-state index contributed by atoms with van der Waals surface area (Å²) in [5.41, 5.74) is 0.0118. The van der Waals surface area contributed by atoms with Crippen molar-refractivity contribution in [3.63, 3.8) is 0 Å². The van der Waals surface area contributed by atoms with Crippen LogP contribution >= 0.6 is 0 Å². The predicted octanol–water partition coefficient (Wildman–Crippen LogP) is 2.18. The molecular formula is C14H17F2NO3. The van der Waals surface area contributed by atoms with E-state index in [1.165, 1.54) is 24.3 Å². The Morgan fingerprint density at radius 1 is 1.40 bits per heavy atom. The normalized spacial score (nSPS) is 24.1. The lowest BCUT2D eigenvalue weighted by Crippen LogP contribution is -2.61. The molecule has 2 rings (SSSR count). The maximum atomic E-state index is 12.0. The van der Waals surface area contributed by atoms with Crippen molar-refractivity contribution in [3.05, 3.63) is 29.8 Å². The van der Waals surface area contributed by atoms with Gasteiger partial charge in [-0.1, -0.05) is 13.8 Å². The van der Waals surface area contributed by atoms with E-state index in [0.717, 1.165) is 0 Å². The van der Waals surface area contributed by atoms with Crippen LogP contribution in [0.5, 0.6) is 5.75 Å². The topological polar surface area (TPSA) is 58.6 Å². The molecule has 20 heavy (non-hydrogen) atoms. The molecule has 1 aliphatic carbocycles. The van der Waals surface area contributed by atoms with E-state index in [4.69, 9.17) is 0 Å². The van der Waals surface area contributed by atoms with Crippen LogP contribution in [0.4, 0.5) is 8.78 Å². The van der Waals surface area contributed by atoms with Gasteiger partial charge in [0.25, 0.3) is 5.91 Å². The van der Waals surface area contributed by atoms with E-state index in [0.29, 0.717) is 12.0 Å². The lowest BCUT2D eigenvalue weighted by atomic mass is 9.64. The van der Waals surface area contributed by atoms with E-state index in [9.17, 15) is 18.7 Å². The molecule has 1 saturated carbocycles. The molecule has 1 aromatic rings. The molecule has 0 heterocycles. The molecule has 2 unspecified atom stereocenters. The van der Waals surface area contributed by atoms with E-state index in [1.54, 1.807) is 0 Å². The zero-order chi connectivity index (χ0) is 14.9. The minimum absolute atomic E-state index is 0.0101. The Kier molecular flexibility index (Phi) is 3.94. The number of aliphatic hydroxyl groups is 1. The van der Waals surface area contributed by atoms with Crippen LogP contribution in [0.2, 0.25) is 0 Å². The first-order valence-electron chi connectivity index (χ1n) is 6.34. The van der Waals surface area contributed by atoms with Crippen LogP contribution in [-0.4, -0.2) is 29.8 Å². The van der Waals surface area contributed by atoms with Gasteiger partial charge >= 0.3 is 6.61 Å². The first kappa shape index (κ1) is 14.7. The molecule has 4 nitrogen and oxygen atoms in total. The molecular weight excluding hydrogens is 268 g/mol. The smallest absolute Gasteiger partial charge is 0.387 e. The van der Waals surface area contributed by atoms with Gasteiger partial charge in [0.1, 0.15) is 5.75 Å². The highest BCUT2D eigenvalue weighted by Gasteiger charge is 2.47. The molecule has 0 spiro atoms. The second kappa shape index (κ2) is 5.36. The van der Waals surface area contributed by atoms with Crippen LogP contribution in [0.25, 0.3) is 0 Å². The Balaban J connectivity index is 1.96. The van der Waals surface area contributed by atoms with E-state index >= 15 is 0 Å². The number of benzene rings is 1. The summed E-state index contributed by atoms with van der Waals surface area (Å²) >= 11 is 0. The lowest BCUT2D eigenvalue weighted by molar-refractivity contribution is -0.0689. The second-order valence-electron chi connectivity index (χ2n) is 5.50. The fraction of sp³-hybridized carbons (Fsp3) is 0.500. The molecule has 1 fully saturated rings. The Labute approximate surface area is 115 Å². The van der Waals surface area contributed by atoms with Crippen molar-refractivity contribution in [2.24, 2.45) is 5.41 Å². The van der Waals surface area contributed by atoms with Crippen molar-refractivity contribution < 1.29 is 23.4 Å². The molecule has 6 heteroatoms. The molecule has 2 N–H and O–H groups in total. The maximum Gasteiger partial charge on any atom is 0.387 e. The van der Waals surface area contributed by atoms with E-state index in [1.807, 2.05) is 13.8 Å². The number of halogens is 2. The van der Waals surface area contributed by atoms with Gasteiger partial charge in [-0.3, -0.25) is 4.79 Å². The van der Waals surface area contributed by atoms with Crippen molar-refractivity contribution in [2.45, 2.75) is 39.0 Å². The van der Waals surface area contributed by atoms with E-state index in [2.05, 4.69) is 10.1 Å². The number of hydrogen-bond acceptors (Lipinski definition) is 3. The van der Waals surface area contributed by atoms with Crippen molar-refractivity contribution in [1.29, 1.82) is 0 Å². The molecule has 1 aliphatic rings. The second-order valence-corrected chi connectivity index (χ2v) is 5.50. The van der Waals surface area contributed by atoms with Gasteiger partial charge in [0.15, 0.2) is 0 Å². The number of aliphatic hydroxyl groups excluding tert-OH is 1. The Morgan fingerprint density at radius 2 is 2.00 bits per heavy atom. The molecule has 0 radical (unpaired) electrons. The van der Waals surface area contributed by atoms with Gasteiger partial charge in [-0.15, -0.1) is 0 Å². The SMILES string of the molecule is CC1(C)C(O)CC1NC(=O)c1ccc(OC(F)F)cc1. The molecule has 0 aromatic heterocycles. The highest BCUT2D eigenvalue weighted by atomic mass is 19.3. The predicted molar refractivity (Wildman–Crippen MR) is 68.7 cm³/mol. The summed E-state index contributed by atoms with van der Waals surface area (Å²) in [6.07, 6.45) is 0.0975. The largest absolute Gasteiger partial charge is 0.435 e. The standard InChI is InChI=1S/C14H17F2NO3/c1-14(2)10(7-11(14)18)17-12(19)8-3-5-9(6-4-8)20-13(15)16/h3-6,10-11,13,18H,7H2,1-2H3,(H,17,19). The number of nitrogens with one attached hydrogen (secondary N) is 1. The van der Waals surface area contributed by atoms with Crippen LogP contribution in [-0.2, 0) is 0 Å². The summed E-state index contributed by atoms with van der Waals surface area (Å²) in [6.45, 7) is 0.879. The number of hydrogen-bond donors (Lipinski definition) is 2.